The number of aliphatic imine (C=N–C) groups is 1. The van der Waals surface area contributed by atoms with E-state index in [1.807, 2.05) is 79.7 Å². The number of carbonyl (C=O) groups is 1. The minimum absolute atomic E-state index is 0.224. The van der Waals surface area contributed by atoms with Crippen molar-refractivity contribution in [1.82, 2.24) is 5.32 Å². The minimum atomic E-state index is -0.696. The summed E-state index contributed by atoms with van der Waals surface area (Å²) in [6.07, 6.45) is 0.507. The van der Waals surface area contributed by atoms with Crippen LogP contribution in [0.5, 0.6) is 0 Å². The van der Waals surface area contributed by atoms with Crippen LogP contribution in [0.15, 0.2) is 102 Å². The highest BCUT2D eigenvalue weighted by Crippen LogP contribution is 2.34. The van der Waals surface area contributed by atoms with Crippen molar-refractivity contribution in [1.29, 1.82) is 5.26 Å². The van der Waals surface area contributed by atoms with Crippen LogP contribution >= 0.6 is 0 Å². The van der Waals surface area contributed by atoms with E-state index in [4.69, 9.17) is 5.26 Å². The maximum Gasteiger partial charge on any atom is 0.251 e. The highest BCUT2D eigenvalue weighted by Gasteiger charge is 2.32. The number of aliphatic hydroxyl groups is 1. The van der Waals surface area contributed by atoms with Crippen LogP contribution in [0.1, 0.15) is 46.9 Å². The molecule has 4 aromatic rings. The molecular weight excluding hydrogens is 515 g/mol. The van der Waals surface area contributed by atoms with Crippen LogP contribution in [0.25, 0.3) is 11.1 Å². The Balaban J connectivity index is 0.00000124. The van der Waals surface area contributed by atoms with Crippen molar-refractivity contribution in [2.45, 2.75) is 38.8 Å². The van der Waals surface area contributed by atoms with E-state index in [0.29, 0.717) is 18.5 Å². The molecule has 0 bridgehead atoms. The number of amidine groups is 1. The second-order valence-electron chi connectivity index (χ2n) is 9.77. The van der Waals surface area contributed by atoms with Gasteiger partial charge in [0.25, 0.3) is 5.91 Å². The van der Waals surface area contributed by atoms with Crippen LogP contribution < -0.4 is 10.6 Å². The number of aliphatic hydroxyl groups excluding tert-OH is 1. The lowest BCUT2D eigenvalue weighted by molar-refractivity contribution is 0.0858. The predicted molar refractivity (Wildman–Crippen MR) is 161 cm³/mol. The maximum absolute atomic E-state index is 13.1. The number of carbonyl (C=O) groups excluding carboxylic acids is 1. The molecule has 1 aliphatic rings. The van der Waals surface area contributed by atoms with E-state index in [1.54, 1.807) is 18.2 Å². The number of fused-ring (bicyclic) bond motifs is 1. The fourth-order valence-corrected chi connectivity index (χ4v) is 4.79. The van der Waals surface area contributed by atoms with Crippen molar-refractivity contribution in [3.63, 3.8) is 0 Å². The number of nitriles is 1. The molecule has 3 N–H and O–H groups in total. The summed E-state index contributed by atoms with van der Waals surface area (Å²) < 4.78 is 13.1. The molecule has 1 aliphatic carbocycles. The summed E-state index contributed by atoms with van der Waals surface area (Å²) in [5.41, 5.74) is 6.46. The molecule has 7 heteroatoms. The lowest BCUT2D eigenvalue weighted by Crippen LogP contribution is -2.33. The molecule has 0 saturated carbocycles. The fourth-order valence-electron chi connectivity index (χ4n) is 4.79. The van der Waals surface area contributed by atoms with Gasteiger partial charge in [0.15, 0.2) is 0 Å². The van der Waals surface area contributed by atoms with Crippen molar-refractivity contribution in [3.8, 4) is 17.2 Å². The second kappa shape index (κ2) is 14.0. The first-order chi connectivity index (χ1) is 19.9. The molecule has 4 aromatic carbocycles. The van der Waals surface area contributed by atoms with Gasteiger partial charge in [0.1, 0.15) is 5.82 Å². The summed E-state index contributed by atoms with van der Waals surface area (Å²) in [4.78, 5) is 17.6. The topological polar surface area (TPSA) is 97.5 Å². The number of nitrogens with zero attached hydrogens (tertiary/aromatic N) is 2. The van der Waals surface area contributed by atoms with E-state index >= 15 is 0 Å². The van der Waals surface area contributed by atoms with Gasteiger partial charge < -0.3 is 15.7 Å². The van der Waals surface area contributed by atoms with Crippen LogP contribution in [0.4, 0.5) is 10.1 Å². The number of amides is 1. The van der Waals surface area contributed by atoms with Crippen molar-refractivity contribution < 1.29 is 14.3 Å². The maximum atomic E-state index is 13.1. The van der Waals surface area contributed by atoms with Gasteiger partial charge in [-0.3, -0.25) is 9.79 Å². The van der Waals surface area contributed by atoms with Crippen LogP contribution in [0.2, 0.25) is 0 Å². The molecule has 6 nitrogen and oxygen atoms in total. The summed E-state index contributed by atoms with van der Waals surface area (Å²) in [5, 5.41) is 24.4. The summed E-state index contributed by atoms with van der Waals surface area (Å²) in [6, 6.07) is 31.1. The molecule has 41 heavy (non-hydrogen) atoms. The Morgan fingerprint density at radius 3 is 2.34 bits per heavy atom. The minimum Gasteiger partial charge on any atom is -0.390 e. The van der Waals surface area contributed by atoms with Gasteiger partial charge in [0, 0.05) is 31.1 Å². The summed E-state index contributed by atoms with van der Waals surface area (Å²) in [7, 11) is 0. The lowest BCUT2D eigenvalue weighted by atomic mass is 10.0. The van der Waals surface area contributed by atoms with Crippen molar-refractivity contribution in [2.75, 3.05) is 11.9 Å². The zero-order chi connectivity index (χ0) is 29.2. The average molecular weight is 549 g/mol. The lowest BCUT2D eigenvalue weighted by Gasteiger charge is -2.19. The summed E-state index contributed by atoms with van der Waals surface area (Å²) in [6.45, 7) is 3.90. The third kappa shape index (κ3) is 7.87. The third-order valence-electron chi connectivity index (χ3n) is 6.82. The predicted octanol–water partition coefficient (Wildman–Crippen LogP) is 6.48. The van der Waals surface area contributed by atoms with Gasteiger partial charge in [-0.1, -0.05) is 60.7 Å². The van der Waals surface area contributed by atoms with E-state index in [0.717, 1.165) is 45.8 Å². The first kappa shape index (κ1) is 29.2. The molecule has 0 aliphatic heterocycles. The van der Waals surface area contributed by atoms with Crippen molar-refractivity contribution in [3.05, 3.63) is 125 Å². The van der Waals surface area contributed by atoms with Gasteiger partial charge in [0.2, 0.25) is 0 Å². The summed E-state index contributed by atoms with van der Waals surface area (Å²) >= 11 is 0. The van der Waals surface area contributed by atoms with Gasteiger partial charge in [-0.2, -0.15) is 5.26 Å². The van der Waals surface area contributed by atoms with E-state index < -0.39 is 12.1 Å². The molecule has 1 amide bonds. The van der Waals surface area contributed by atoms with E-state index in [-0.39, 0.29) is 11.7 Å². The molecule has 0 saturated heterocycles. The number of anilines is 1. The van der Waals surface area contributed by atoms with E-state index in [2.05, 4.69) is 15.6 Å². The molecule has 5 rings (SSSR count). The summed E-state index contributed by atoms with van der Waals surface area (Å²) in [5.74, 6) is 0.287. The smallest absolute Gasteiger partial charge is 0.251 e. The monoisotopic (exact) mass is 548 g/mol. The van der Waals surface area contributed by atoms with Crippen molar-refractivity contribution in [2.24, 2.45) is 4.99 Å². The Labute approximate surface area is 240 Å². The first-order valence-corrected chi connectivity index (χ1v) is 13.5. The van der Waals surface area contributed by atoms with Gasteiger partial charge in [-0.05, 0) is 77.6 Å². The molecule has 2 atom stereocenters. The molecular formula is C34H33FN4O2. The molecule has 0 spiro atoms. The Kier molecular flexibility index (Phi) is 9.98. The van der Waals surface area contributed by atoms with Crippen LogP contribution in [-0.2, 0) is 12.8 Å². The standard InChI is InChI=1S/C32H30FN3O2.C2H3N/c1-21(34-18-17-22-7-14-27(33)15-8-22)35-28-16-13-26-19-30(37)31(29(26)20-28)36-32(38)25-11-9-24(10-12-25)23-5-3-2-4-6-23;1-2-3/h2-16,20,30-31,37H,17-19H2,1H3,(H,34,35)(H,36,38);1H3/t30-,31-;/m1./s1. The quantitative estimate of drug-likeness (QED) is 0.182. The number of hydrogen-bond donors (Lipinski definition) is 3. The highest BCUT2D eigenvalue weighted by atomic mass is 19.1. The molecule has 0 radical (unpaired) electrons. The molecule has 0 aromatic heterocycles. The molecule has 208 valence electrons. The van der Waals surface area contributed by atoms with Gasteiger partial charge in [-0.25, -0.2) is 4.39 Å². The van der Waals surface area contributed by atoms with Gasteiger partial charge in [-0.15, -0.1) is 0 Å². The zero-order valence-corrected chi connectivity index (χ0v) is 23.1. The zero-order valence-electron chi connectivity index (χ0n) is 23.1. The number of hydrogen-bond acceptors (Lipinski definition) is 4. The van der Waals surface area contributed by atoms with Crippen LogP contribution in [0.3, 0.4) is 0 Å². The number of nitrogens with one attached hydrogen (secondary N) is 2. The van der Waals surface area contributed by atoms with Crippen molar-refractivity contribution >= 4 is 17.4 Å². The van der Waals surface area contributed by atoms with Crippen LogP contribution in [0, 0.1) is 17.1 Å². The Morgan fingerprint density at radius 2 is 1.66 bits per heavy atom. The average Bonchev–Trinajstić information content (AvgIpc) is 3.29. The van der Waals surface area contributed by atoms with Gasteiger partial charge in [0.05, 0.1) is 24.1 Å². The third-order valence-corrected chi connectivity index (χ3v) is 6.82. The second-order valence-corrected chi connectivity index (χ2v) is 9.77. The number of halogens is 1. The molecule has 0 heterocycles. The number of benzene rings is 4. The number of rotatable bonds is 7. The Morgan fingerprint density at radius 1 is 1.00 bits per heavy atom. The normalized spacial score (nSPS) is 15.6. The largest absolute Gasteiger partial charge is 0.390 e. The highest BCUT2D eigenvalue weighted by molar-refractivity contribution is 5.95. The van der Waals surface area contributed by atoms with E-state index in [9.17, 15) is 14.3 Å². The first-order valence-electron chi connectivity index (χ1n) is 13.5. The van der Waals surface area contributed by atoms with Gasteiger partial charge >= 0.3 is 0 Å². The molecule has 0 fully saturated rings. The fraction of sp³-hybridized carbons (Fsp3) is 0.206. The van der Waals surface area contributed by atoms with Crippen LogP contribution in [-0.4, -0.2) is 29.5 Å². The van der Waals surface area contributed by atoms with E-state index in [1.165, 1.54) is 19.1 Å². The SMILES string of the molecule is CC#N.CC(=NCCc1ccc(F)cc1)Nc1ccc2c(c1)[C@@H](NC(=O)c1ccc(-c3ccccc3)cc1)[C@H](O)C2. The molecule has 0 unspecified atom stereocenters. The Hall–Kier alpha value is -4.80. The Bertz CT molecular complexity index is 1530.